The van der Waals surface area contributed by atoms with Gasteiger partial charge in [-0.1, -0.05) is 23.7 Å². The monoisotopic (exact) mass is 267 g/mol. The van der Waals surface area contributed by atoms with Gasteiger partial charge < -0.3 is 10.1 Å². The summed E-state index contributed by atoms with van der Waals surface area (Å²) in [4.78, 5) is 0. The predicted molar refractivity (Wildman–Crippen MR) is 61.4 cm³/mol. The third-order valence-corrected chi connectivity index (χ3v) is 2.25. The van der Waals surface area contributed by atoms with Gasteiger partial charge in [-0.2, -0.15) is 13.2 Å². The third kappa shape index (κ3) is 6.38. The molecular formula is C11H13ClF3NO. The van der Waals surface area contributed by atoms with Gasteiger partial charge in [-0.05, 0) is 18.6 Å². The van der Waals surface area contributed by atoms with Crippen LogP contribution in [-0.4, -0.2) is 25.9 Å². The van der Waals surface area contributed by atoms with E-state index in [0.29, 0.717) is 18.0 Å². The molecule has 0 atom stereocenters. The van der Waals surface area contributed by atoms with Gasteiger partial charge in [-0.3, -0.25) is 0 Å². The number of rotatable bonds is 6. The Labute approximate surface area is 103 Å². The minimum Gasteiger partial charge on any atom is -0.384 e. The van der Waals surface area contributed by atoms with Crippen molar-refractivity contribution in [3.05, 3.63) is 29.3 Å². The van der Waals surface area contributed by atoms with Gasteiger partial charge in [0.2, 0.25) is 0 Å². The molecule has 0 spiro atoms. The zero-order chi connectivity index (χ0) is 12.7. The highest BCUT2D eigenvalue weighted by molar-refractivity contribution is 6.33. The second kappa shape index (κ2) is 6.71. The molecule has 1 rings (SSSR count). The number of anilines is 1. The Bertz CT molecular complexity index is 344. The number of para-hydroxylation sites is 1. The number of hydrogen-bond donors (Lipinski definition) is 1. The molecule has 0 aromatic heterocycles. The van der Waals surface area contributed by atoms with Crippen LogP contribution in [0.2, 0.25) is 5.02 Å². The van der Waals surface area contributed by atoms with Crippen molar-refractivity contribution in [2.45, 2.75) is 12.6 Å². The normalized spacial score (nSPS) is 11.5. The Kier molecular flexibility index (Phi) is 5.58. The van der Waals surface area contributed by atoms with Crippen LogP contribution in [0, 0.1) is 0 Å². The minimum atomic E-state index is -4.25. The van der Waals surface area contributed by atoms with Gasteiger partial charge in [0.25, 0.3) is 0 Å². The summed E-state index contributed by atoms with van der Waals surface area (Å²) >= 11 is 5.88. The van der Waals surface area contributed by atoms with Gasteiger partial charge in [-0.15, -0.1) is 0 Å². The maximum atomic E-state index is 11.7. The lowest BCUT2D eigenvalue weighted by atomic mass is 10.3. The van der Waals surface area contributed by atoms with Gasteiger partial charge in [-0.25, -0.2) is 0 Å². The molecule has 0 aliphatic carbocycles. The first kappa shape index (κ1) is 14.1. The fraction of sp³-hybridized carbons (Fsp3) is 0.455. The Morgan fingerprint density at radius 3 is 2.59 bits per heavy atom. The Hall–Kier alpha value is -0.940. The third-order valence-electron chi connectivity index (χ3n) is 1.92. The molecule has 1 aromatic rings. The molecule has 0 radical (unpaired) electrons. The molecular weight excluding hydrogens is 255 g/mol. The topological polar surface area (TPSA) is 21.3 Å². The van der Waals surface area contributed by atoms with Crippen molar-refractivity contribution in [2.24, 2.45) is 0 Å². The number of hydrogen-bond acceptors (Lipinski definition) is 2. The number of benzene rings is 1. The van der Waals surface area contributed by atoms with E-state index in [-0.39, 0.29) is 6.61 Å². The van der Waals surface area contributed by atoms with Gasteiger partial charge in [0.05, 0.1) is 10.7 Å². The lowest BCUT2D eigenvalue weighted by Crippen LogP contribution is -2.18. The molecule has 6 heteroatoms. The summed E-state index contributed by atoms with van der Waals surface area (Å²) in [5, 5.41) is 3.60. The van der Waals surface area contributed by atoms with Crippen LogP contribution >= 0.6 is 11.6 Å². The molecule has 0 saturated heterocycles. The maximum absolute atomic E-state index is 11.7. The second-order valence-electron chi connectivity index (χ2n) is 3.43. The van der Waals surface area contributed by atoms with E-state index in [4.69, 9.17) is 11.6 Å². The first-order chi connectivity index (χ1) is 7.99. The molecule has 0 amide bonds. The van der Waals surface area contributed by atoms with Crippen molar-refractivity contribution in [1.29, 1.82) is 0 Å². The summed E-state index contributed by atoms with van der Waals surface area (Å²) in [5.74, 6) is 0. The summed E-state index contributed by atoms with van der Waals surface area (Å²) in [6.07, 6.45) is -3.77. The van der Waals surface area contributed by atoms with Crippen LogP contribution < -0.4 is 5.32 Å². The van der Waals surface area contributed by atoms with E-state index in [1.165, 1.54) is 0 Å². The lowest BCUT2D eigenvalue weighted by Gasteiger charge is -2.09. The van der Waals surface area contributed by atoms with E-state index in [1.807, 2.05) is 6.07 Å². The zero-order valence-electron chi connectivity index (χ0n) is 9.06. The van der Waals surface area contributed by atoms with Crippen molar-refractivity contribution < 1.29 is 17.9 Å². The number of alkyl halides is 3. The average molecular weight is 268 g/mol. The second-order valence-corrected chi connectivity index (χ2v) is 3.84. The molecule has 0 fully saturated rings. The summed E-state index contributed by atoms with van der Waals surface area (Å²) in [6, 6.07) is 7.18. The van der Waals surface area contributed by atoms with Crippen LogP contribution in [0.3, 0.4) is 0 Å². The van der Waals surface area contributed by atoms with Crippen LogP contribution in [0.15, 0.2) is 24.3 Å². The van der Waals surface area contributed by atoms with Crippen LogP contribution in [0.5, 0.6) is 0 Å². The average Bonchev–Trinajstić information content (AvgIpc) is 2.24. The van der Waals surface area contributed by atoms with Gasteiger partial charge in [0.1, 0.15) is 6.61 Å². The highest BCUT2D eigenvalue weighted by Gasteiger charge is 2.27. The highest BCUT2D eigenvalue weighted by Crippen LogP contribution is 2.20. The first-order valence-electron chi connectivity index (χ1n) is 5.12. The summed E-state index contributed by atoms with van der Waals surface area (Å²) in [7, 11) is 0. The van der Waals surface area contributed by atoms with Crippen LogP contribution in [0.4, 0.5) is 18.9 Å². The van der Waals surface area contributed by atoms with Crippen LogP contribution in [0.25, 0.3) is 0 Å². The van der Waals surface area contributed by atoms with Crippen molar-refractivity contribution in [3.63, 3.8) is 0 Å². The smallest absolute Gasteiger partial charge is 0.384 e. The molecule has 1 N–H and O–H groups in total. The van der Waals surface area contributed by atoms with Crippen molar-refractivity contribution >= 4 is 17.3 Å². The van der Waals surface area contributed by atoms with Gasteiger partial charge in [0, 0.05) is 13.2 Å². The maximum Gasteiger partial charge on any atom is 0.411 e. The van der Waals surface area contributed by atoms with Crippen LogP contribution in [0.1, 0.15) is 6.42 Å². The largest absolute Gasteiger partial charge is 0.411 e. The fourth-order valence-electron chi connectivity index (χ4n) is 1.19. The van der Waals surface area contributed by atoms with Crippen molar-refractivity contribution in [2.75, 3.05) is 25.1 Å². The predicted octanol–water partition coefficient (Wildman–Crippen LogP) is 3.72. The summed E-state index contributed by atoms with van der Waals surface area (Å²) in [6.45, 7) is -0.613. The molecule has 0 saturated carbocycles. The van der Waals surface area contributed by atoms with Gasteiger partial charge in [0.15, 0.2) is 0 Å². The molecule has 0 unspecified atom stereocenters. The number of halogens is 4. The van der Waals surface area contributed by atoms with E-state index in [2.05, 4.69) is 10.1 Å². The molecule has 1 aromatic carbocycles. The zero-order valence-corrected chi connectivity index (χ0v) is 9.81. The molecule has 2 nitrogen and oxygen atoms in total. The molecule has 17 heavy (non-hydrogen) atoms. The minimum absolute atomic E-state index is 0.0664. The Morgan fingerprint density at radius 1 is 1.24 bits per heavy atom. The molecule has 0 heterocycles. The molecule has 96 valence electrons. The lowest BCUT2D eigenvalue weighted by molar-refractivity contribution is -0.173. The Balaban J connectivity index is 2.11. The number of nitrogens with one attached hydrogen (secondary N) is 1. The Morgan fingerprint density at radius 2 is 1.94 bits per heavy atom. The molecule has 0 bridgehead atoms. The van der Waals surface area contributed by atoms with Gasteiger partial charge >= 0.3 is 6.18 Å². The van der Waals surface area contributed by atoms with Crippen molar-refractivity contribution in [1.82, 2.24) is 0 Å². The number of ether oxygens (including phenoxy) is 1. The van der Waals surface area contributed by atoms with E-state index in [1.54, 1.807) is 18.2 Å². The quantitative estimate of drug-likeness (QED) is 0.793. The highest BCUT2D eigenvalue weighted by atomic mass is 35.5. The summed E-state index contributed by atoms with van der Waals surface area (Å²) in [5.41, 5.74) is 0.769. The standard InChI is InChI=1S/C11H13ClF3NO/c12-9-4-1-2-5-10(9)16-6-3-7-17-8-11(13,14)15/h1-2,4-5,16H,3,6-8H2. The van der Waals surface area contributed by atoms with E-state index >= 15 is 0 Å². The first-order valence-corrected chi connectivity index (χ1v) is 5.50. The van der Waals surface area contributed by atoms with Crippen molar-refractivity contribution in [3.8, 4) is 0 Å². The van der Waals surface area contributed by atoms with E-state index in [9.17, 15) is 13.2 Å². The molecule has 0 aliphatic rings. The fourth-order valence-corrected chi connectivity index (χ4v) is 1.39. The molecule has 0 aliphatic heterocycles. The SMILES string of the molecule is FC(F)(F)COCCCNc1ccccc1Cl. The summed E-state index contributed by atoms with van der Waals surface area (Å²) < 4.78 is 39.6. The van der Waals surface area contributed by atoms with E-state index < -0.39 is 12.8 Å². The van der Waals surface area contributed by atoms with Crippen LogP contribution in [-0.2, 0) is 4.74 Å². The van der Waals surface area contributed by atoms with E-state index in [0.717, 1.165) is 5.69 Å².